The Morgan fingerprint density at radius 2 is 2.00 bits per heavy atom. The first-order valence-electron chi connectivity index (χ1n) is 9.13. The largest absolute Gasteiger partial charge is 0.472 e. The molecular weight excluding hydrogens is 334 g/mol. The molecule has 1 amide bonds. The summed E-state index contributed by atoms with van der Waals surface area (Å²) in [6, 6.07) is 5.85. The van der Waals surface area contributed by atoms with Gasteiger partial charge in [0.15, 0.2) is 6.73 Å². The summed E-state index contributed by atoms with van der Waals surface area (Å²) in [7, 11) is 0. The van der Waals surface area contributed by atoms with Crippen LogP contribution in [0.2, 0.25) is 0 Å². The SMILES string of the molecule is CCOC(=O)CC(CC)c1cccc2c1OCN(C(=O)OC(C)(C)C)C2. The summed E-state index contributed by atoms with van der Waals surface area (Å²) in [5.41, 5.74) is 1.36. The quantitative estimate of drug-likeness (QED) is 0.733. The zero-order valence-corrected chi connectivity index (χ0v) is 16.3. The first kappa shape index (κ1) is 20.1. The highest BCUT2D eigenvalue weighted by Crippen LogP contribution is 2.37. The number of rotatable bonds is 5. The number of ether oxygens (including phenoxy) is 3. The van der Waals surface area contributed by atoms with Crippen LogP contribution in [-0.4, -0.2) is 35.9 Å². The Morgan fingerprint density at radius 3 is 2.62 bits per heavy atom. The minimum absolute atomic E-state index is 0.0251. The van der Waals surface area contributed by atoms with Gasteiger partial charge in [-0.2, -0.15) is 0 Å². The van der Waals surface area contributed by atoms with Gasteiger partial charge in [-0.25, -0.2) is 4.79 Å². The predicted octanol–water partition coefficient (Wildman–Crippen LogP) is 4.22. The van der Waals surface area contributed by atoms with Crippen molar-refractivity contribution >= 4 is 12.1 Å². The topological polar surface area (TPSA) is 65.1 Å². The molecule has 0 fully saturated rings. The van der Waals surface area contributed by atoms with Crippen molar-refractivity contribution in [1.29, 1.82) is 0 Å². The Bertz CT molecular complexity index is 650. The van der Waals surface area contributed by atoms with Crippen molar-refractivity contribution in [2.45, 2.75) is 65.5 Å². The molecule has 1 aromatic rings. The van der Waals surface area contributed by atoms with Crippen LogP contribution in [0.5, 0.6) is 5.75 Å². The van der Waals surface area contributed by atoms with E-state index in [1.54, 1.807) is 6.92 Å². The number of carbonyl (C=O) groups excluding carboxylic acids is 2. The molecule has 1 aliphatic heterocycles. The molecule has 26 heavy (non-hydrogen) atoms. The fraction of sp³-hybridized carbons (Fsp3) is 0.600. The average Bonchev–Trinajstić information content (AvgIpc) is 2.57. The number of hydrogen-bond donors (Lipinski definition) is 0. The molecule has 0 radical (unpaired) electrons. The second-order valence-corrected chi connectivity index (χ2v) is 7.40. The lowest BCUT2D eigenvalue weighted by Gasteiger charge is -2.33. The van der Waals surface area contributed by atoms with Gasteiger partial charge in [0.2, 0.25) is 0 Å². The highest BCUT2D eigenvalue weighted by molar-refractivity contribution is 5.71. The second-order valence-electron chi connectivity index (χ2n) is 7.40. The average molecular weight is 363 g/mol. The third-order valence-corrected chi connectivity index (χ3v) is 4.16. The molecule has 0 bridgehead atoms. The van der Waals surface area contributed by atoms with Crippen LogP contribution in [0.25, 0.3) is 0 Å². The maximum atomic E-state index is 12.3. The lowest BCUT2D eigenvalue weighted by molar-refractivity contribution is -0.143. The number of nitrogens with zero attached hydrogens (tertiary/aromatic N) is 1. The second kappa shape index (κ2) is 8.43. The Morgan fingerprint density at radius 1 is 1.27 bits per heavy atom. The molecule has 0 aromatic heterocycles. The van der Waals surface area contributed by atoms with Crippen LogP contribution in [0.4, 0.5) is 4.79 Å². The number of carbonyl (C=O) groups is 2. The van der Waals surface area contributed by atoms with Gasteiger partial charge in [-0.15, -0.1) is 0 Å². The minimum Gasteiger partial charge on any atom is -0.472 e. The minimum atomic E-state index is -0.549. The summed E-state index contributed by atoms with van der Waals surface area (Å²) in [6.45, 7) is 10.3. The Balaban J connectivity index is 2.17. The molecule has 0 spiro atoms. The van der Waals surface area contributed by atoms with Crippen LogP contribution < -0.4 is 4.74 Å². The van der Waals surface area contributed by atoms with Gasteiger partial charge >= 0.3 is 12.1 Å². The Kier molecular flexibility index (Phi) is 6.51. The molecule has 1 heterocycles. The van der Waals surface area contributed by atoms with Crippen molar-refractivity contribution in [3.8, 4) is 5.75 Å². The van der Waals surface area contributed by atoms with Gasteiger partial charge in [0.25, 0.3) is 0 Å². The van der Waals surface area contributed by atoms with Crippen LogP contribution in [0, 0.1) is 0 Å². The van der Waals surface area contributed by atoms with Gasteiger partial charge in [-0.3, -0.25) is 9.69 Å². The summed E-state index contributed by atoms with van der Waals surface area (Å²) >= 11 is 0. The molecule has 0 saturated heterocycles. The summed E-state index contributed by atoms with van der Waals surface area (Å²) in [5, 5.41) is 0. The van der Waals surface area contributed by atoms with Crippen LogP contribution in [-0.2, 0) is 20.8 Å². The van der Waals surface area contributed by atoms with Crippen LogP contribution in [0.15, 0.2) is 18.2 Å². The van der Waals surface area contributed by atoms with Crippen LogP contribution in [0.1, 0.15) is 64.5 Å². The number of esters is 1. The number of amides is 1. The van der Waals surface area contributed by atoms with Gasteiger partial charge in [0.05, 0.1) is 19.6 Å². The molecule has 144 valence electrons. The molecule has 1 aromatic carbocycles. The summed E-state index contributed by atoms with van der Waals surface area (Å²) in [4.78, 5) is 25.7. The van der Waals surface area contributed by atoms with E-state index in [1.807, 2.05) is 45.9 Å². The van der Waals surface area contributed by atoms with E-state index in [0.717, 1.165) is 23.3 Å². The smallest absolute Gasteiger partial charge is 0.413 e. The zero-order chi connectivity index (χ0) is 19.3. The van der Waals surface area contributed by atoms with Gasteiger partial charge < -0.3 is 14.2 Å². The molecule has 1 unspecified atom stereocenters. The van der Waals surface area contributed by atoms with Crippen LogP contribution >= 0.6 is 0 Å². The highest BCUT2D eigenvalue weighted by Gasteiger charge is 2.29. The number of para-hydroxylation sites is 1. The van der Waals surface area contributed by atoms with Crippen molar-refractivity contribution in [1.82, 2.24) is 4.90 Å². The van der Waals surface area contributed by atoms with Gasteiger partial charge in [-0.1, -0.05) is 25.1 Å². The van der Waals surface area contributed by atoms with E-state index >= 15 is 0 Å². The highest BCUT2D eigenvalue weighted by atomic mass is 16.6. The van der Waals surface area contributed by atoms with Crippen molar-refractivity contribution in [3.63, 3.8) is 0 Å². The van der Waals surface area contributed by atoms with Crippen molar-refractivity contribution < 1.29 is 23.8 Å². The van der Waals surface area contributed by atoms with Gasteiger partial charge in [0, 0.05) is 5.56 Å². The third-order valence-electron chi connectivity index (χ3n) is 4.16. The molecule has 0 N–H and O–H groups in total. The zero-order valence-electron chi connectivity index (χ0n) is 16.3. The van der Waals surface area contributed by atoms with Gasteiger partial charge in [0.1, 0.15) is 11.4 Å². The lowest BCUT2D eigenvalue weighted by atomic mass is 9.90. The van der Waals surface area contributed by atoms with Crippen molar-refractivity contribution in [2.75, 3.05) is 13.3 Å². The maximum absolute atomic E-state index is 12.3. The summed E-state index contributed by atoms with van der Waals surface area (Å²) in [5.74, 6) is 0.587. The van der Waals surface area contributed by atoms with Crippen molar-refractivity contribution in [2.24, 2.45) is 0 Å². The number of fused-ring (bicyclic) bond motifs is 1. The molecule has 1 aliphatic rings. The first-order valence-corrected chi connectivity index (χ1v) is 9.13. The third kappa shape index (κ3) is 5.13. The lowest BCUT2D eigenvalue weighted by Crippen LogP contribution is -2.41. The molecule has 2 rings (SSSR count). The molecular formula is C20H29NO5. The van der Waals surface area contributed by atoms with E-state index in [2.05, 4.69) is 0 Å². The van der Waals surface area contributed by atoms with Gasteiger partial charge in [-0.05, 0) is 45.6 Å². The molecule has 0 saturated carbocycles. The Labute approximate surface area is 155 Å². The molecule has 6 heteroatoms. The maximum Gasteiger partial charge on any atom is 0.413 e. The van der Waals surface area contributed by atoms with E-state index in [-0.39, 0.29) is 18.6 Å². The summed E-state index contributed by atoms with van der Waals surface area (Å²) < 4.78 is 16.4. The van der Waals surface area contributed by atoms with E-state index in [0.29, 0.717) is 19.6 Å². The standard InChI is InChI=1S/C20H29NO5/c1-6-14(11-17(22)24-7-2)16-10-8-9-15-12-21(13-25-18(15)16)19(23)26-20(3,4)5/h8-10,14H,6-7,11-13H2,1-5H3. The van der Waals surface area contributed by atoms with E-state index in [4.69, 9.17) is 14.2 Å². The number of hydrogen-bond acceptors (Lipinski definition) is 5. The molecule has 0 aliphatic carbocycles. The molecule has 1 atom stereocenters. The summed E-state index contributed by atoms with van der Waals surface area (Å²) in [6.07, 6.45) is 0.723. The van der Waals surface area contributed by atoms with Crippen molar-refractivity contribution in [3.05, 3.63) is 29.3 Å². The fourth-order valence-electron chi connectivity index (χ4n) is 2.96. The first-order chi connectivity index (χ1) is 12.2. The number of benzene rings is 1. The predicted molar refractivity (Wildman–Crippen MR) is 98.0 cm³/mol. The van der Waals surface area contributed by atoms with E-state index in [9.17, 15) is 9.59 Å². The molecule has 6 nitrogen and oxygen atoms in total. The van der Waals surface area contributed by atoms with Crippen LogP contribution in [0.3, 0.4) is 0 Å². The van der Waals surface area contributed by atoms with E-state index in [1.165, 1.54) is 4.90 Å². The Hall–Kier alpha value is -2.24. The van der Waals surface area contributed by atoms with E-state index < -0.39 is 11.7 Å². The monoisotopic (exact) mass is 363 g/mol. The fourth-order valence-corrected chi connectivity index (χ4v) is 2.96. The normalized spacial score (nSPS) is 14.9.